The minimum absolute atomic E-state index is 0.147. The lowest BCUT2D eigenvalue weighted by molar-refractivity contribution is -0.137. The predicted molar refractivity (Wildman–Crippen MR) is 114 cm³/mol. The van der Waals surface area contributed by atoms with Gasteiger partial charge >= 0.3 is 13.3 Å². The van der Waals surface area contributed by atoms with Crippen molar-refractivity contribution in [3.8, 4) is 0 Å². The molecule has 0 aromatic heterocycles. The Morgan fingerprint density at radius 3 is 1.55 bits per heavy atom. The van der Waals surface area contributed by atoms with E-state index >= 15 is 0 Å². The molecule has 0 bridgehead atoms. The molecule has 0 aromatic carbocycles. The Kier molecular flexibility index (Phi) is 21.5. The first-order chi connectivity index (χ1) is 14.1. The second kappa shape index (κ2) is 22.0. The predicted octanol–water partition coefficient (Wildman–Crippen LogP) is 3.68. The summed E-state index contributed by atoms with van der Waals surface area (Å²) >= 11 is 0. The number of carboxylic acid groups (broad SMARTS) is 1. The maximum absolute atomic E-state index is 10.4. The summed E-state index contributed by atoms with van der Waals surface area (Å²) in [5, 5.41) is 35.7. The van der Waals surface area contributed by atoms with Crippen molar-refractivity contribution in [3.63, 3.8) is 0 Å². The fourth-order valence-corrected chi connectivity index (χ4v) is 3.15. The summed E-state index contributed by atoms with van der Waals surface area (Å²) in [4.78, 5) is 10.4. The number of hydrogen-bond acceptors (Lipinski definition) is 6. The average Bonchev–Trinajstić information content (AvgIpc) is 2.70. The maximum atomic E-state index is 10.4. The van der Waals surface area contributed by atoms with Gasteiger partial charge in [-0.25, -0.2) is 0 Å². The van der Waals surface area contributed by atoms with Gasteiger partial charge in [-0.15, -0.1) is 0 Å². The fraction of sp³-hybridized carbons (Fsp3) is 0.952. The molecule has 0 aliphatic heterocycles. The first kappa shape index (κ1) is 28.3. The van der Waals surface area contributed by atoms with Crippen LogP contribution in [0.4, 0.5) is 0 Å². The molecule has 0 aliphatic carbocycles. The summed E-state index contributed by atoms with van der Waals surface area (Å²) in [6.45, 7) is -0.119. The Labute approximate surface area is 177 Å². The standard InChI is InChI=1S/C21H43BO7/c23-18-20(24)19-29-22(27)28-17-15-13-11-9-7-5-3-1-2-4-6-8-10-12-14-16-21(25)26/h20,23-24,27H,1-19H2,(H,25,26). The van der Waals surface area contributed by atoms with Crippen molar-refractivity contribution in [2.24, 2.45) is 0 Å². The van der Waals surface area contributed by atoms with E-state index in [9.17, 15) is 9.82 Å². The second-order valence-electron chi connectivity index (χ2n) is 7.79. The fourth-order valence-electron chi connectivity index (χ4n) is 3.15. The van der Waals surface area contributed by atoms with Gasteiger partial charge in [-0.05, 0) is 12.8 Å². The molecule has 0 spiro atoms. The molecule has 172 valence electrons. The van der Waals surface area contributed by atoms with Crippen molar-refractivity contribution >= 4 is 13.3 Å². The third-order valence-corrected chi connectivity index (χ3v) is 4.94. The van der Waals surface area contributed by atoms with Crippen LogP contribution in [0.1, 0.15) is 103 Å². The van der Waals surface area contributed by atoms with Crippen LogP contribution in [0.25, 0.3) is 0 Å². The Balaban J connectivity index is 3.12. The Morgan fingerprint density at radius 2 is 1.14 bits per heavy atom. The molecule has 0 saturated carbocycles. The van der Waals surface area contributed by atoms with Crippen molar-refractivity contribution in [2.45, 2.75) is 109 Å². The van der Waals surface area contributed by atoms with Gasteiger partial charge < -0.3 is 29.7 Å². The normalized spacial score (nSPS) is 12.2. The lowest BCUT2D eigenvalue weighted by atomic mass is 10.0. The minimum atomic E-state index is -1.34. The molecular weight excluding hydrogens is 375 g/mol. The van der Waals surface area contributed by atoms with Gasteiger partial charge in [0.05, 0.1) is 19.3 Å². The molecular formula is C21H43BO7. The average molecular weight is 418 g/mol. The Hall–Kier alpha value is -0.665. The van der Waals surface area contributed by atoms with E-state index in [1.807, 2.05) is 0 Å². The summed E-state index contributed by atoms with van der Waals surface area (Å²) in [7, 11) is -1.34. The summed E-state index contributed by atoms with van der Waals surface area (Å²) in [6, 6.07) is 0. The molecule has 0 rings (SSSR count). The molecule has 0 heterocycles. The van der Waals surface area contributed by atoms with Gasteiger partial charge in [0.25, 0.3) is 0 Å². The molecule has 29 heavy (non-hydrogen) atoms. The van der Waals surface area contributed by atoms with E-state index in [0.717, 1.165) is 32.1 Å². The van der Waals surface area contributed by atoms with Crippen LogP contribution in [0.2, 0.25) is 0 Å². The van der Waals surface area contributed by atoms with Crippen molar-refractivity contribution in [1.29, 1.82) is 0 Å². The van der Waals surface area contributed by atoms with Crippen LogP contribution >= 0.6 is 0 Å². The largest absolute Gasteiger partial charge is 0.636 e. The zero-order chi connectivity index (χ0) is 21.6. The van der Waals surface area contributed by atoms with E-state index in [4.69, 9.17) is 24.6 Å². The molecule has 0 aromatic rings. The van der Waals surface area contributed by atoms with Crippen molar-refractivity contribution in [1.82, 2.24) is 0 Å². The Bertz CT molecular complexity index is 358. The minimum Gasteiger partial charge on any atom is -0.481 e. The molecule has 1 atom stereocenters. The van der Waals surface area contributed by atoms with Crippen LogP contribution in [-0.2, 0) is 14.1 Å². The van der Waals surface area contributed by atoms with Gasteiger partial charge in [0.1, 0.15) is 0 Å². The van der Waals surface area contributed by atoms with Crippen LogP contribution in [0.5, 0.6) is 0 Å². The topological polar surface area (TPSA) is 116 Å². The number of unbranched alkanes of at least 4 members (excludes halogenated alkanes) is 14. The van der Waals surface area contributed by atoms with E-state index in [0.29, 0.717) is 13.0 Å². The molecule has 7 nitrogen and oxygen atoms in total. The molecule has 8 heteroatoms. The summed E-state index contributed by atoms with van der Waals surface area (Å²) in [5.41, 5.74) is 0. The number of aliphatic hydroxyl groups is 2. The van der Waals surface area contributed by atoms with Crippen LogP contribution in [-0.4, -0.2) is 59.6 Å². The third kappa shape index (κ3) is 23.5. The zero-order valence-corrected chi connectivity index (χ0v) is 18.1. The van der Waals surface area contributed by atoms with Crippen molar-refractivity contribution in [2.75, 3.05) is 19.8 Å². The van der Waals surface area contributed by atoms with E-state index in [1.54, 1.807) is 0 Å². The first-order valence-corrected chi connectivity index (χ1v) is 11.5. The number of rotatable bonds is 23. The lowest BCUT2D eigenvalue weighted by Crippen LogP contribution is -2.29. The zero-order valence-electron chi connectivity index (χ0n) is 18.1. The smallest absolute Gasteiger partial charge is 0.481 e. The van der Waals surface area contributed by atoms with Gasteiger partial charge in [0.2, 0.25) is 0 Å². The summed E-state index contributed by atoms with van der Waals surface area (Å²) in [5.74, 6) is -0.683. The van der Waals surface area contributed by atoms with E-state index in [2.05, 4.69) is 0 Å². The maximum Gasteiger partial charge on any atom is 0.636 e. The van der Waals surface area contributed by atoms with Crippen molar-refractivity contribution in [3.05, 3.63) is 0 Å². The van der Waals surface area contributed by atoms with Gasteiger partial charge in [-0.2, -0.15) is 0 Å². The monoisotopic (exact) mass is 418 g/mol. The quantitative estimate of drug-likeness (QED) is 0.148. The van der Waals surface area contributed by atoms with Crippen LogP contribution in [0, 0.1) is 0 Å². The summed E-state index contributed by atoms with van der Waals surface area (Å²) < 4.78 is 9.92. The number of carbonyl (C=O) groups is 1. The first-order valence-electron chi connectivity index (χ1n) is 11.5. The Morgan fingerprint density at radius 1 is 0.724 bits per heavy atom. The molecule has 0 fully saturated rings. The van der Waals surface area contributed by atoms with Crippen LogP contribution in [0.3, 0.4) is 0 Å². The molecule has 0 saturated heterocycles. The van der Waals surface area contributed by atoms with Gasteiger partial charge in [0, 0.05) is 13.0 Å². The molecule has 1 unspecified atom stereocenters. The molecule has 0 aliphatic rings. The van der Waals surface area contributed by atoms with E-state index in [-0.39, 0.29) is 6.61 Å². The van der Waals surface area contributed by atoms with Gasteiger partial charge in [-0.1, -0.05) is 83.5 Å². The summed E-state index contributed by atoms with van der Waals surface area (Å²) in [6.07, 6.45) is 17.0. The molecule has 0 amide bonds. The van der Waals surface area contributed by atoms with E-state index in [1.165, 1.54) is 64.2 Å². The molecule has 4 N–H and O–H groups in total. The van der Waals surface area contributed by atoms with Gasteiger partial charge in [-0.3, -0.25) is 4.79 Å². The second-order valence-corrected chi connectivity index (χ2v) is 7.79. The number of hydrogen-bond donors (Lipinski definition) is 4. The highest BCUT2D eigenvalue weighted by atomic mass is 16.7. The third-order valence-electron chi connectivity index (χ3n) is 4.94. The number of carboxylic acids is 1. The highest BCUT2D eigenvalue weighted by molar-refractivity contribution is 6.34. The highest BCUT2D eigenvalue weighted by Crippen LogP contribution is 2.13. The SMILES string of the molecule is O=C(O)CCCCCCCCCCCCCCCCCOB(O)OCC(O)CO. The van der Waals surface area contributed by atoms with Crippen LogP contribution < -0.4 is 0 Å². The van der Waals surface area contributed by atoms with E-state index < -0.39 is 26.0 Å². The van der Waals surface area contributed by atoms with Gasteiger partial charge in [0.15, 0.2) is 0 Å². The van der Waals surface area contributed by atoms with Crippen LogP contribution in [0.15, 0.2) is 0 Å². The van der Waals surface area contributed by atoms with Crippen molar-refractivity contribution < 1.29 is 34.4 Å². The molecule has 0 radical (unpaired) electrons. The lowest BCUT2D eigenvalue weighted by Gasteiger charge is -2.11. The number of aliphatic hydroxyl groups excluding tert-OH is 2. The highest BCUT2D eigenvalue weighted by Gasteiger charge is 2.16. The number of aliphatic carboxylic acids is 1.